The van der Waals surface area contributed by atoms with Gasteiger partial charge in [-0.15, -0.1) is 0 Å². The minimum Gasteiger partial charge on any atom is -0.408 e. The Balaban J connectivity index is 2.29. The first-order valence-electron chi connectivity index (χ1n) is 5.29. The quantitative estimate of drug-likeness (QED) is 0.764. The maximum Gasteiger partial charge on any atom is 0.417 e. The van der Waals surface area contributed by atoms with Crippen molar-refractivity contribution in [1.29, 1.82) is 0 Å². The lowest BCUT2D eigenvalue weighted by atomic mass is 10.3. The maximum atomic E-state index is 11.6. The van der Waals surface area contributed by atoms with Crippen LogP contribution in [-0.2, 0) is 10.2 Å². The summed E-state index contributed by atoms with van der Waals surface area (Å²) in [5, 5.41) is 0. The highest BCUT2D eigenvalue weighted by molar-refractivity contribution is 7.90. The van der Waals surface area contributed by atoms with Gasteiger partial charge in [-0.25, -0.2) is 4.79 Å². The van der Waals surface area contributed by atoms with Crippen LogP contribution in [0.1, 0.15) is 13.8 Å². The Morgan fingerprint density at radius 1 is 1.33 bits per heavy atom. The van der Waals surface area contributed by atoms with Crippen molar-refractivity contribution in [3.05, 3.63) is 28.7 Å². The molecule has 0 amide bonds. The molecule has 0 bridgehead atoms. The standard InChI is InChI=1S/C10H13N3O4S/c1-6(2)12-18(15,16)13-7-3-4-9-8(5-7)11-10(14)17-9/h3-6,12-13H,1-2H3,(H,11,14). The average Bonchev–Trinajstić information content (AvgIpc) is 2.54. The molecule has 3 N–H and O–H groups in total. The Morgan fingerprint density at radius 2 is 2.06 bits per heavy atom. The van der Waals surface area contributed by atoms with Crippen molar-refractivity contribution < 1.29 is 12.8 Å². The minimum absolute atomic E-state index is 0.208. The highest BCUT2D eigenvalue weighted by Crippen LogP contribution is 2.16. The maximum absolute atomic E-state index is 11.6. The second-order valence-corrected chi connectivity index (χ2v) is 5.55. The van der Waals surface area contributed by atoms with Gasteiger partial charge in [0, 0.05) is 6.04 Å². The highest BCUT2D eigenvalue weighted by atomic mass is 32.2. The summed E-state index contributed by atoms with van der Waals surface area (Å²) in [5.41, 5.74) is 1.15. The predicted molar refractivity (Wildman–Crippen MR) is 67.6 cm³/mol. The summed E-state index contributed by atoms with van der Waals surface area (Å²) in [5.74, 6) is -0.578. The molecule has 0 fully saturated rings. The molecule has 0 aliphatic carbocycles. The zero-order valence-corrected chi connectivity index (χ0v) is 10.7. The summed E-state index contributed by atoms with van der Waals surface area (Å²) in [7, 11) is -3.62. The van der Waals surface area contributed by atoms with Gasteiger partial charge in [-0.3, -0.25) is 9.71 Å². The van der Waals surface area contributed by atoms with E-state index in [0.717, 1.165) is 0 Å². The van der Waals surface area contributed by atoms with Crippen LogP contribution < -0.4 is 15.2 Å². The van der Waals surface area contributed by atoms with Crippen molar-refractivity contribution in [1.82, 2.24) is 9.71 Å². The van der Waals surface area contributed by atoms with E-state index in [0.29, 0.717) is 16.8 Å². The smallest absolute Gasteiger partial charge is 0.408 e. The van der Waals surface area contributed by atoms with Gasteiger partial charge in [0.1, 0.15) is 0 Å². The van der Waals surface area contributed by atoms with E-state index in [4.69, 9.17) is 4.42 Å². The molecule has 0 spiro atoms. The van der Waals surface area contributed by atoms with E-state index in [9.17, 15) is 13.2 Å². The monoisotopic (exact) mass is 271 g/mol. The van der Waals surface area contributed by atoms with Crippen LogP contribution in [0.2, 0.25) is 0 Å². The summed E-state index contributed by atoms with van der Waals surface area (Å²) in [4.78, 5) is 13.4. The topological polar surface area (TPSA) is 104 Å². The highest BCUT2D eigenvalue weighted by Gasteiger charge is 2.12. The average molecular weight is 271 g/mol. The molecule has 0 unspecified atom stereocenters. The van der Waals surface area contributed by atoms with E-state index < -0.39 is 16.0 Å². The van der Waals surface area contributed by atoms with Crippen LogP contribution in [0, 0.1) is 0 Å². The molecule has 2 aromatic rings. The molecule has 0 atom stereocenters. The van der Waals surface area contributed by atoms with Gasteiger partial charge in [0.15, 0.2) is 5.58 Å². The van der Waals surface area contributed by atoms with Crippen LogP contribution in [-0.4, -0.2) is 19.4 Å². The fraction of sp³-hybridized carbons (Fsp3) is 0.300. The molecule has 0 aliphatic rings. The molecule has 1 aromatic heterocycles. The largest absolute Gasteiger partial charge is 0.417 e. The summed E-state index contributed by atoms with van der Waals surface area (Å²) in [6, 6.07) is 4.30. The van der Waals surface area contributed by atoms with Crippen molar-refractivity contribution >= 4 is 27.0 Å². The first-order chi connectivity index (χ1) is 8.35. The van der Waals surface area contributed by atoms with Gasteiger partial charge in [-0.2, -0.15) is 13.1 Å². The number of hydrogen-bond donors (Lipinski definition) is 3. The van der Waals surface area contributed by atoms with Crippen molar-refractivity contribution in [2.75, 3.05) is 4.72 Å². The Bertz CT molecular complexity index is 714. The number of aromatic nitrogens is 1. The summed E-state index contributed by atoms with van der Waals surface area (Å²) in [6.07, 6.45) is 0. The van der Waals surface area contributed by atoms with Gasteiger partial charge in [-0.05, 0) is 32.0 Å². The number of nitrogens with one attached hydrogen (secondary N) is 3. The molecule has 0 saturated heterocycles. The van der Waals surface area contributed by atoms with Gasteiger partial charge in [-0.1, -0.05) is 0 Å². The summed E-state index contributed by atoms with van der Waals surface area (Å²) in [6.45, 7) is 3.44. The van der Waals surface area contributed by atoms with E-state index in [1.165, 1.54) is 18.2 Å². The second kappa shape index (κ2) is 4.46. The Hall–Kier alpha value is -1.80. The van der Waals surface area contributed by atoms with Crippen molar-refractivity contribution in [3.8, 4) is 0 Å². The third kappa shape index (κ3) is 2.90. The Morgan fingerprint density at radius 3 is 2.72 bits per heavy atom. The number of hydrogen-bond acceptors (Lipinski definition) is 4. The predicted octanol–water partition coefficient (Wildman–Crippen LogP) is 0.776. The van der Waals surface area contributed by atoms with Gasteiger partial charge < -0.3 is 4.42 Å². The van der Waals surface area contributed by atoms with Gasteiger partial charge in [0.25, 0.3) is 10.2 Å². The first-order valence-corrected chi connectivity index (χ1v) is 6.77. The molecule has 0 aliphatic heterocycles. The second-order valence-electron chi connectivity index (χ2n) is 4.10. The molecule has 18 heavy (non-hydrogen) atoms. The van der Waals surface area contributed by atoms with E-state index in [-0.39, 0.29) is 6.04 Å². The zero-order chi connectivity index (χ0) is 13.3. The number of anilines is 1. The molecule has 0 radical (unpaired) electrons. The lowest BCUT2D eigenvalue weighted by Gasteiger charge is -2.11. The molecule has 98 valence electrons. The fourth-order valence-corrected chi connectivity index (χ4v) is 2.63. The third-order valence-corrected chi connectivity index (χ3v) is 3.35. The first kappa shape index (κ1) is 12.7. The summed E-state index contributed by atoms with van der Waals surface area (Å²) >= 11 is 0. The number of aromatic amines is 1. The van der Waals surface area contributed by atoms with Crippen molar-refractivity contribution in [2.24, 2.45) is 0 Å². The SMILES string of the molecule is CC(C)NS(=O)(=O)Nc1ccc2oc(=O)[nH]c2c1. The molecule has 2 rings (SSSR count). The van der Waals surface area contributed by atoms with Crippen LogP contribution in [0.25, 0.3) is 11.1 Å². The molecular formula is C10H13N3O4S. The van der Waals surface area contributed by atoms with E-state index in [1.54, 1.807) is 13.8 Å². The number of fused-ring (bicyclic) bond motifs is 1. The Labute approximate surface area is 103 Å². The van der Waals surface area contributed by atoms with Crippen molar-refractivity contribution in [2.45, 2.75) is 19.9 Å². The summed E-state index contributed by atoms with van der Waals surface area (Å²) < 4.78 is 32.8. The van der Waals surface area contributed by atoms with Crippen LogP contribution in [0.4, 0.5) is 5.69 Å². The lowest BCUT2D eigenvalue weighted by Crippen LogP contribution is -2.35. The normalized spacial score (nSPS) is 12.2. The zero-order valence-electron chi connectivity index (χ0n) is 9.85. The molecule has 1 heterocycles. The van der Waals surface area contributed by atoms with Crippen LogP contribution in [0.3, 0.4) is 0 Å². The number of rotatable bonds is 4. The van der Waals surface area contributed by atoms with E-state index in [2.05, 4.69) is 14.4 Å². The van der Waals surface area contributed by atoms with Crippen LogP contribution >= 0.6 is 0 Å². The molecule has 8 heteroatoms. The van der Waals surface area contributed by atoms with Gasteiger partial charge >= 0.3 is 5.76 Å². The van der Waals surface area contributed by atoms with E-state index in [1.807, 2.05) is 0 Å². The molecular weight excluding hydrogens is 258 g/mol. The number of benzene rings is 1. The lowest BCUT2D eigenvalue weighted by molar-refractivity contribution is 0.555. The van der Waals surface area contributed by atoms with E-state index >= 15 is 0 Å². The van der Waals surface area contributed by atoms with Crippen LogP contribution in [0.5, 0.6) is 0 Å². The van der Waals surface area contributed by atoms with Crippen molar-refractivity contribution in [3.63, 3.8) is 0 Å². The molecule has 0 saturated carbocycles. The molecule has 1 aromatic carbocycles. The van der Waals surface area contributed by atoms with Gasteiger partial charge in [0.05, 0.1) is 11.2 Å². The number of oxazole rings is 1. The minimum atomic E-state index is -3.62. The third-order valence-electron chi connectivity index (χ3n) is 2.06. The number of H-pyrrole nitrogens is 1. The van der Waals surface area contributed by atoms with Crippen LogP contribution in [0.15, 0.2) is 27.4 Å². The van der Waals surface area contributed by atoms with Gasteiger partial charge in [0.2, 0.25) is 0 Å². The Kier molecular flexibility index (Phi) is 3.14. The molecule has 7 nitrogen and oxygen atoms in total. The fourth-order valence-electron chi connectivity index (χ4n) is 1.51.